The number of amides is 1. The van der Waals surface area contributed by atoms with Crippen LogP contribution in [0.4, 0.5) is 0 Å². The summed E-state index contributed by atoms with van der Waals surface area (Å²) < 4.78 is 4.88. The molecule has 0 aromatic carbocycles. The maximum absolute atomic E-state index is 12.0. The Kier molecular flexibility index (Phi) is 11.0. The van der Waals surface area contributed by atoms with Crippen molar-refractivity contribution >= 4 is 41.8 Å². The average molecular weight is 494 g/mol. The minimum atomic E-state index is -0.162. The number of ether oxygens (including phenoxy) is 1. The molecule has 1 amide bonds. The molecule has 27 heavy (non-hydrogen) atoms. The van der Waals surface area contributed by atoms with Crippen molar-refractivity contribution in [3.05, 3.63) is 0 Å². The Bertz CT molecular complexity index is 509. The van der Waals surface area contributed by atoms with Gasteiger partial charge in [0.1, 0.15) is 0 Å². The molecule has 0 aromatic rings. The third-order valence-electron chi connectivity index (χ3n) is 5.56. The van der Waals surface area contributed by atoms with Gasteiger partial charge < -0.3 is 20.3 Å². The number of carbonyl (C=O) groups is 2. The number of aliphatic imine (C=N–C) groups is 1. The summed E-state index contributed by atoms with van der Waals surface area (Å²) in [6, 6.07) is 0. The lowest BCUT2D eigenvalue weighted by Gasteiger charge is -2.22. The normalized spacial score (nSPS) is 23.5. The van der Waals surface area contributed by atoms with E-state index in [0.29, 0.717) is 32.0 Å². The zero-order valence-corrected chi connectivity index (χ0v) is 19.2. The van der Waals surface area contributed by atoms with Gasteiger partial charge in [-0.25, -0.2) is 0 Å². The van der Waals surface area contributed by atoms with Crippen LogP contribution in [0.1, 0.15) is 45.4 Å². The first kappa shape index (κ1) is 24.0. The van der Waals surface area contributed by atoms with E-state index in [1.807, 2.05) is 0 Å². The van der Waals surface area contributed by atoms with Gasteiger partial charge in [-0.3, -0.25) is 14.6 Å². The molecule has 8 heteroatoms. The predicted molar refractivity (Wildman–Crippen MR) is 117 cm³/mol. The lowest BCUT2D eigenvalue weighted by molar-refractivity contribution is -0.146. The standard InChI is InChI=1S/C19H34N4O3.HI/c1-14-12-23(13-16(14)18(25)26-3)19(20-2)22-10-9-21-17(24)11-15-7-5-4-6-8-15;/h14-16H,4-13H2,1-3H3,(H,20,22)(H,21,24);1H. The molecule has 2 aliphatic rings. The van der Waals surface area contributed by atoms with Crippen LogP contribution in [-0.2, 0) is 14.3 Å². The molecule has 0 bridgehead atoms. The second-order valence-electron chi connectivity index (χ2n) is 7.54. The highest BCUT2D eigenvalue weighted by Crippen LogP contribution is 2.26. The third-order valence-corrected chi connectivity index (χ3v) is 5.56. The van der Waals surface area contributed by atoms with E-state index in [1.54, 1.807) is 7.05 Å². The van der Waals surface area contributed by atoms with E-state index in [1.165, 1.54) is 39.2 Å². The largest absolute Gasteiger partial charge is 0.469 e. The van der Waals surface area contributed by atoms with Gasteiger partial charge in [-0.05, 0) is 24.7 Å². The van der Waals surface area contributed by atoms with Crippen molar-refractivity contribution in [3.63, 3.8) is 0 Å². The van der Waals surface area contributed by atoms with Crippen LogP contribution in [0, 0.1) is 17.8 Å². The number of esters is 1. The number of hydrogen-bond acceptors (Lipinski definition) is 4. The summed E-state index contributed by atoms with van der Waals surface area (Å²) in [7, 11) is 3.17. The summed E-state index contributed by atoms with van der Waals surface area (Å²) in [6.45, 7) is 4.64. The molecule has 2 atom stereocenters. The number of hydrogen-bond donors (Lipinski definition) is 2. The van der Waals surface area contributed by atoms with Crippen LogP contribution < -0.4 is 10.6 Å². The highest BCUT2D eigenvalue weighted by atomic mass is 127. The molecule has 2 rings (SSSR count). The van der Waals surface area contributed by atoms with Crippen LogP contribution in [0.3, 0.4) is 0 Å². The Labute approximate surface area is 180 Å². The van der Waals surface area contributed by atoms with E-state index < -0.39 is 0 Å². The molecule has 1 saturated heterocycles. The number of carbonyl (C=O) groups excluding carboxylic acids is 2. The van der Waals surface area contributed by atoms with Gasteiger partial charge in [0, 0.05) is 39.6 Å². The van der Waals surface area contributed by atoms with Crippen molar-refractivity contribution in [1.82, 2.24) is 15.5 Å². The summed E-state index contributed by atoms with van der Waals surface area (Å²) in [4.78, 5) is 30.2. The van der Waals surface area contributed by atoms with Crippen molar-refractivity contribution in [2.24, 2.45) is 22.7 Å². The van der Waals surface area contributed by atoms with E-state index in [-0.39, 0.29) is 47.7 Å². The number of guanidine groups is 1. The highest BCUT2D eigenvalue weighted by molar-refractivity contribution is 14.0. The fraction of sp³-hybridized carbons (Fsp3) is 0.842. The van der Waals surface area contributed by atoms with Crippen molar-refractivity contribution in [3.8, 4) is 0 Å². The first-order valence-corrected chi connectivity index (χ1v) is 9.85. The summed E-state index contributed by atoms with van der Waals surface area (Å²) in [5.41, 5.74) is 0. The third kappa shape index (κ3) is 7.46. The van der Waals surface area contributed by atoms with Crippen LogP contribution in [0.25, 0.3) is 0 Å². The number of halogens is 1. The predicted octanol–water partition coefficient (Wildman–Crippen LogP) is 2.01. The van der Waals surface area contributed by atoms with E-state index in [2.05, 4.69) is 27.4 Å². The molecule has 2 unspecified atom stereocenters. The summed E-state index contributed by atoms with van der Waals surface area (Å²) in [5.74, 6) is 1.43. The Morgan fingerprint density at radius 2 is 1.78 bits per heavy atom. The van der Waals surface area contributed by atoms with Crippen LogP contribution in [0.15, 0.2) is 4.99 Å². The van der Waals surface area contributed by atoms with E-state index in [4.69, 9.17) is 4.74 Å². The molecule has 1 aliphatic heterocycles. The van der Waals surface area contributed by atoms with Gasteiger partial charge in [0.25, 0.3) is 0 Å². The zero-order valence-electron chi connectivity index (χ0n) is 16.8. The van der Waals surface area contributed by atoms with Crippen molar-refractivity contribution < 1.29 is 14.3 Å². The number of methoxy groups -OCH3 is 1. The van der Waals surface area contributed by atoms with E-state index in [9.17, 15) is 9.59 Å². The van der Waals surface area contributed by atoms with Gasteiger partial charge >= 0.3 is 5.97 Å². The fourth-order valence-corrected chi connectivity index (χ4v) is 4.03. The molecule has 2 fully saturated rings. The highest BCUT2D eigenvalue weighted by Gasteiger charge is 2.36. The second-order valence-corrected chi connectivity index (χ2v) is 7.54. The fourth-order valence-electron chi connectivity index (χ4n) is 4.03. The second kappa shape index (κ2) is 12.4. The lowest BCUT2D eigenvalue weighted by Crippen LogP contribution is -2.43. The summed E-state index contributed by atoms with van der Waals surface area (Å²) >= 11 is 0. The smallest absolute Gasteiger partial charge is 0.310 e. The van der Waals surface area contributed by atoms with Crippen LogP contribution in [0.5, 0.6) is 0 Å². The SMILES string of the molecule is CN=C(NCCNC(=O)CC1CCCCC1)N1CC(C)C(C(=O)OC)C1.I. The number of nitrogens with zero attached hydrogens (tertiary/aromatic N) is 2. The topological polar surface area (TPSA) is 83.0 Å². The number of nitrogens with one attached hydrogen (secondary N) is 2. The molecule has 156 valence electrons. The molecule has 2 N–H and O–H groups in total. The molecular weight excluding hydrogens is 459 g/mol. The maximum Gasteiger partial charge on any atom is 0.310 e. The van der Waals surface area contributed by atoms with Crippen molar-refractivity contribution in [2.45, 2.75) is 45.4 Å². The minimum absolute atomic E-state index is 0. The van der Waals surface area contributed by atoms with Gasteiger partial charge in [0.05, 0.1) is 13.0 Å². The van der Waals surface area contributed by atoms with Gasteiger partial charge in [0.15, 0.2) is 5.96 Å². The number of likely N-dealkylation sites (tertiary alicyclic amines) is 1. The van der Waals surface area contributed by atoms with Crippen LogP contribution >= 0.6 is 24.0 Å². The maximum atomic E-state index is 12.0. The first-order chi connectivity index (χ1) is 12.5. The van der Waals surface area contributed by atoms with Crippen molar-refractivity contribution in [2.75, 3.05) is 40.3 Å². The Morgan fingerprint density at radius 1 is 1.11 bits per heavy atom. The monoisotopic (exact) mass is 494 g/mol. The molecular formula is C19H35IN4O3. The lowest BCUT2D eigenvalue weighted by atomic mass is 9.87. The van der Waals surface area contributed by atoms with E-state index >= 15 is 0 Å². The first-order valence-electron chi connectivity index (χ1n) is 9.85. The van der Waals surface area contributed by atoms with Crippen LogP contribution in [0.2, 0.25) is 0 Å². The Morgan fingerprint density at radius 3 is 2.41 bits per heavy atom. The van der Waals surface area contributed by atoms with Gasteiger partial charge in [-0.2, -0.15) is 0 Å². The molecule has 0 radical (unpaired) electrons. The van der Waals surface area contributed by atoms with Gasteiger partial charge in [-0.15, -0.1) is 24.0 Å². The number of rotatable bonds is 6. The minimum Gasteiger partial charge on any atom is -0.469 e. The quantitative estimate of drug-likeness (QED) is 0.194. The van der Waals surface area contributed by atoms with Crippen molar-refractivity contribution in [1.29, 1.82) is 0 Å². The van der Waals surface area contributed by atoms with Crippen LogP contribution in [-0.4, -0.2) is 63.1 Å². The summed E-state index contributed by atoms with van der Waals surface area (Å²) in [5, 5.41) is 6.27. The van der Waals surface area contributed by atoms with Gasteiger partial charge in [0.2, 0.25) is 5.91 Å². The molecule has 1 saturated carbocycles. The molecule has 0 spiro atoms. The average Bonchev–Trinajstić information content (AvgIpc) is 3.03. The Balaban J connectivity index is 0.00000364. The molecule has 1 heterocycles. The Hall–Kier alpha value is -1.06. The van der Waals surface area contributed by atoms with E-state index in [0.717, 1.165) is 12.5 Å². The molecule has 7 nitrogen and oxygen atoms in total. The summed E-state index contributed by atoms with van der Waals surface area (Å²) in [6.07, 6.45) is 6.86. The molecule has 1 aliphatic carbocycles. The molecule has 0 aromatic heterocycles. The van der Waals surface area contributed by atoms with Gasteiger partial charge in [-0.1, -0.05) is 26.2 Å². The zero-order chi connectivity index (χ0) is 18.9.